The smallest absolute Gasteiger partial charge is 0.229 e. The maximum atomic E-state index is 12.1. The van der Waals surface area contributed by atoms with E-state index in [-0.39, 0.29) is 17.2 Å². The van der Waals surface area contributed by atoms with Crippen LogP contribution < -0.4 is 9.86 Å². The summed E-state index contributed by atoms with van der Waals surface area (Å²) in [5.41, 5.74) is 0.754. The van der Waals surface area contributed by atoms with Crippen molar-refractivity contribution in [2.24, 2.45) is 5.14 Å². The molecule has 1 aromatic carbocycles. The van der Waals surface area contributed by atoms with Gasteiger partial charge in [0.05, 0.1) is 10.6 Å². The minimum Gasteiger partial charge on any atom is -0.229 e. The zero-order valence-electron chi connectivity index (χ0n) is 11.4. The van der Waals surface area contributed by atoms with E-state index in [1.54, 1.807) is 24.3 Å². The van der Waals surface area contributed by atoms with Gasteiger partial charge in [-0.1, -0.05) is 25.1 Å². The molecule has 0 amide bonds. The number of nitrogens with one attached hydrogen (secondary N) is 1. The Bertz CT molecular complexity index is 639. The lowest BCUT2D eigenvalue weighted by molar-refractivity contribution is 0.576. The average molecular weight is 320 g/mol. The number of sulfonamides is 2. The monoisotopic (exact) mass is 320 g/mol. The zero-order valence-corrected chi connectivity index (χ0v) is 13.0. The molecule has 0 aromatic heterocycles. The molecule has 0 aliphatic heterocycles. The number of unbranched alkanes of at least 4 members (excludes halogenated alkanes) is 1. The molecule has 0 aliphatic rings. The summed E-state index contributed by atoms with van der Waals surface area (Å²) in [7, 11) is -7.03. The van der Waals surface area contributed by atoms with Crippen molar-refractivity contribution < 1.29 is 16.8 Å². The van der Waals surface area contributed by atoms with Gasteiger partial charge in [-0.05, 0) is 30.9 Å². The molecule has 0 bridgehead atoms. The van der Waals surface area contributed by atoms with Crippen LogP contribution >= 0.6 is 0 Å². The average Bonchev–Trinajstić information content (AvgIpc) is 2.36. The Morgan fingerprint density at radius 2 is 1.75 bits per heavy atom. The molecular formula is C12H20N2O4S2. The second kappa shape index (κ2) is 7.16. The summed E-state index contributed by atoms with van der Waals surface area (Å²) in [6, 6.07) is 6.81. The minimum absolute atomic E-state index is 0.139. The Balaban J connectivity index is 2.58. The number of hydrogen-bond acceptors (Lipinski definition) is 4. The summed E-state index contributed by atoms with van der Waals surface area (Å²) in [6.45, 7) is 2.08. The van der Waals surface area contributed by atoms with E-state index in [4.69, 9.17) is 5.14 Å². The Hall–Kier alpha value is -0.960. The van der Waals surface area contributed by atoms with E-state index in [1.807, 2.05) is 6.92 Å². The lowest BCUT2D eigenvalue weighted by atomic mass is 10.2. The van der Waals surface area contributed by atoms with Gasteiger partial charge in [0.25, 0.3) is 0 Å². The summed E-state index contributed by atoms with van der Waals surface area (Å²) in [4.78, 5) is 0.272. The molecule has 8 heteroatoms. The molecule has 0 radical (unpaired) electrons. The van der Waals surface area contributed by atoms with E-state index in [0.29, 0.717) is 19.3 Å². The molecule has 1 aromatic rings. The summed E-state index contributed by atoms with van der Waals surface area (Å²) >= 11 is 0. The number of rotatable bonds is 8. The van der Waals surface area contributed by atoms with Gasteiger partial charge in [0.15, 0.2) is 0 Å². The summed E-state index contributed by atoms with van der Waals surface area (Å²) in [5.74, 6) is -0.139. The normalized spacial score (nSPS) is 12.5. The van der Waals surface area contributed by atoms with Gasteiger partial charge < -0.3 is 0 Å². The van der Waals surface area contributed by atoms with E-state index in [2.05, 4.69) is 4.72 Å². The highest BCUT2D eigenvalue weighted by atomic mass is 32.2. The molecule has 0 unspecified atom stereocenters. The highest BCUT2D eigenvalue weighted by molar-refractivity contribution is 7.89. The first-order chi connectivity index (χ1) is 9.26. The van der Waals surface area contributed by atoms with Gasteiger partial charge >= 0.3 is 0 Å². The first-order valence-electron chi connectivity index (χ1n) is 6.34. The lowest BCUT2D eigenvalue weighted by Crippen LogP contribution is -2.26. The largest absolute Gasteiger partial charge is 0.240 e. The van der Waals surface area contributed by atoms with Crippen LogP contribution in [0.15, 0.2) is 29.2 Å². The van der Waals surface area contributed by atoms with Gasteiger partial charge in [0.2, 0.25) is 20.0 Å². The predicted molar refractivity (Wildman–Crippen MR) is 78.2 cm³/mol. The predicted octanol–water partition coefficient (Wildman–Crippen LogP) is 0.596. The van der Waals surface area contributed by atoms with Crippen LogP contribution in [0.4, 0.5) is 0 Å². The number of aryl methyl sites for hydroxylation is 1. The summed E-state index contributed by atoms with van der Waals surface area (Å²) < 4.78 is 48.2. The third kappa shape index (κ3) is 5.58. The fourth-order valence-electron chi connectivity index (χ4n) is 1.77. The Labute approximate surface area is 120 Å². The van der Waals surface area contributed by atoms with E-state index in [1.165, 1.54) is 0 Å². The van der Waals surface area contributed by atoms with Crippen LogP contribution in [0.1, 0.15) is 25.3 Å². The highest BCUT2D eigenvalue weighted by Crippen LogP contribution is 2.15. The topological polar surface area (TPSA) is 106 Å². The fraction of sp³-hybridized carbons (Fsp3) is 0.500. The molecule has 0 atom stereocenters. The van der Waals surface area contributed by atoms with Gasteiger partial charge in [-0.2, -0.15) is 0 Å². The van der Waals surface area contributed by atoms with Gasteiger partial charge in [0, 0.05) is 6.54 Å². The number of nitrogens with two attached hydrogens (primary N) is 1. The Morgan fingerprint density at radius 3 is 2.35 bits per heavy atom. The van der Waals surface area contributed by atoms with Crippen molar-refractivity contribution in [2.45, 2.75) is 31.1 Å². The summed E-state index contributed by atoms with van der Waals surface area (Å²) in [6.07, 6.45) is 1.38. The molecule has 0 heterocycles. The van der Waals surface area contributed by atoms with Crippen LogP contribution in [-0.2, 0) is 26.5 Å². The van der Waals surface area contributed by atoms with Crippen LogP contribution in [0, 0.1) is 0 Å². The number of benzene rings is 1. The maximum Gasteiger partial charge on any atom is 0.240 e. The fourth-order valence-corrected chi connectivity index (χ4v) is 3.76. The van der Waals surface area contributed by atoms with Gasteiger partial charge in [-0.25, -0.2) is 26.7 Å². The van der Waals surface area contributed by atoms with Crippen LogP contribution in [-0.4, -0.2) is 29.1 Å². The maximum absolute atomic E-state index is 12.1. The molecule has 0 spiro atoms. The van der Waals surface area contributed by atoms with Crippen molar-refractivity contribution in [2.75, 3.05) is 12.3 Å². The SMILES string of the molecule is CCc1ccccc1S(=O)(=O)NCCCCS(N)(=O)=O. The van der Waals surface area contributed by atoms with Gasteiger partial charge in [-0.15, -0.1) is 0 Å². The molecule has 0 saturated heterocycles. The molecule has 3 N–H and O–H groups in total. The standard InChI is InChI=1S/C12H20N2O4S2/c1-2-11-7-3-4-8-12(11)20(17,18)14-9-5-6-10-19(13,15)16/h3-4,7-8,14H,2,5-6,9-10H2,1H3,(H2,13,15,16). The first-order valence-corrected chi connectivity index (χ1v) is 9.54. The molecule has 0 saturated carbocycles. The zero-order chi connectivity index (χ0) is 15.2. The van der Waals surface area contributed by atoms with Crippen LogP contribution in [0.25, 0.3) is 0 Å². The molecule has 0 fully saturated rings. The number of primary sulfonamides is 1. The van der Waals surface area contributed by atoms with Crippen molar-refractivity contribution in [1.82, 2.24) is 4.72 Å². The van der Waals surface area contributed by atoms with E-state index >= 15 is 0 Å². The third-order valence-corrected chi connectivity index (χ3v) is 5.21. The van der Waals surface area contributed by atoms with Crippen LogP contribution in [0.3, 0.4) is 0 Å². The lowest BCUT2D eigenvalue weighted by Gasteiger charge is -2.10. The molecule has 20 heavy (non-hydrogen) atoms. The highest BCUT2D eigenvalue weighted by Gasteiger charge is 2.16. The van der Waals surface area contributed by atoms with Crippen molar-refractivity contribution in [3.05, 3.63) is 29.8 Å². The van der Waals surface area contributed by atoms with Gasteiger partial charge in [-0.3, -0.25) is 0 Å². The third-order valence-electron chi connectivity index (χ3n) is 2.79. The van der Waals surface area contributed by atoms with Crippen LogP contribution in [0.5, 0.6) is 0 Å². The first kappa shape index (κ1) is 17.1. The van der Waals surface area contributed by atoms with Crippen LogP contribution in [0.2, 0.25) is 0 Å². The van der Waals surface area contributed by atoms with E-state index in [0.717, 1.165) is 5.56 Å². The van der Waals surface area contributed by atoms with E-state index < -0.39 is 20.0 Å². The Morgan fingerprint density at radius 1 is 1.10 bits per heavy atom. The van der Waals surface area contributed by atoms with E-state index in [9.17, 15) is 16.8 Å². The quantitative estimate of drug-likeness (QED) is 0.684. The molecule has 0 aliphatic carbocycles. The Kier molecular flexibility index (Phi) is 6.12. The van der Waals surface area contributed by atoms with Crippen molar-refractivity contribution in [3.63, 3.8) is 0 Å². The second-order valence-electron chi connectivity index (χ2n) is 4.43. The van der Waals surface area contributed by atoms with Crippen molar-refractivity contribution >= 4 is 20.0 Å². The second-order valence-corrected chi connectivity index (χ2v) is 7.90. The molecular weight excluding hydrogens is 300 g/mol. The molecule has 1 rings (SSSR count). The molecule has 6 nitrogen and oxygen atoms in total. The van der Waals surface area contributed by atoms with Crippen molar-refractivity contribution in [1.29, 1.82) is 0 Å². The van der Waals surface area contributed by atoms with Gasteiger partial charge in [0.1, 0.15) is 0 Å². The minimum atomic E-state index is -3.55. The molecule has 114 valence electrons. The van der Waals surface area contributed by atoms with Crippen molar-refractivity contribution in [3.8, 4) is 0 Å². The number of hydrogen-bond donors (Lipinski definition) is 2. The summed E-state index contributed by atoms with van der Waals surface area (Å²) in [5, 5.41) is 4.87.